The second kappa shape index (κ2) is 5.29. The van der Waals surface area contributed by atoms with E-state index in [1.807, 2.05) is 13.8 Å². The molecule has 1 amide bonds. The lowest BCUT2D eigenvalue weighted by Crippen LogP contribution is -2.37. The summed E-state index contributed by atoms with van der Waals surface area (Å²) in [7, 11) is 0. The molecule has 0 saturated heterocycles. The molecule has 0 bridgehead atoms. The second-order valence-corrected chi connectivity index (χ2v) is 3.80. The number of carbonyl (C=O) groups is 2. The highest BCUT2D eigenvalue weighted by Crippen LogP contribution is 2.07. The van der Waals surface area contributed by atoms with Crippen molar-refractivity contribution in [2.24, 2.45) is 0 Å². The van der Waals surface area contributed by atoms with Gasteiger partial charge in [-0.15, -0.1) is 0 Å². The molecule has 0 aromatic carbocycles. The smallest absolute Gasteiger partial charge is 0.326 e. The zero-order valence-electron chi connectivity index (χ0n) is 9.25. The van der Waals surface area contributed by atoms with Gasteiger partial charge in [0.15, 0.2) is 0 Å². The van der Waals surface area contributed by atoms with Crippen LogP contribution in [0.15, 0.2) is 12.4 Å². The minimum Gasteiger partial charge on any atom is -0.480 e. The Morgan fingerprint density at radius 1 is 1.69 bits per heavy atom. The van der Waals surface area contributed by atoms with Gasteiger partial charge in [-0.25, -0.2) is 4.79 Å². The normalized spacial score (nSPS) is 12.4. The lowest BCUT2D eigenvalue weighted by Gasteiger charge is -2.09. The molecule has 0 radical (unpaired) electrons. The van der Waals surface area contributed by atoms with Crippen LogP contribution in [0.5, 0.6) is 0 Å². The zero-order chi connectivity index (χ0) is 12.1. The van der Waals surface area contributed by atoms with Crippen molar-refractivity contribution in [3.05, 3.63) is 18.0 Å². The van der Waals surface area contributed by atoms with E-state index in [2.05, 4.69) is 10.4 Å². The van der Waals surface area contributed by atoms with Crippen LogP contribution in [0.25, 0.3) is 0 Å². The minimum atomic E-state index is -1.05. The van der Waals surface area contributed by atoms with Gasteiger partial charge >= 0.3 is 5.97 Å². The molecule has 88 valence electrons. The standard InChI is InChI=1S/C10H15N3O3/c1-7(2)13-5-8(4-12-13)3-9(10(15)16)11-6-14/h4-7,9H,3H2,1-2H3,(H,11,14)(H,15,16). The van der Waals surface area contributed by atoms with Crippen molar-refractivity contribution in [1.29, 1.82) is 0 Å². The largest absolute Gasteiger partial charge is 0.480 e. The van der Waals surface area contributed by atoms with E-state index in [4.69, 9.17) is 5.11 Å². The first-order chi connectivity index (χ1) is 7.54. The molecular weight excluding hydrogens is 210 g/mol. The van der Waals surface area contributed by atoms with Crippen molar-refractivity contribution in [2.45, 2.75) is 32.4 Å². The van der Waals surface area contributed by atoms with Gasteiger partial charge in [-0.1, -0.05) is 0 Å². The third kappa shape index (κ3) is 3.08. The first-order valence-electron chi connectivity index (χ1n) is 5.00. The Morgan fingerprint density at radius 3 is 2.81 bits per heavy atom. The SMILES string of the molecule is CC(C)n1cc(CC(NC=O)C(=O)O)cn1. The summed E-state index contributed by atoms with van der Waals surface area (Å²) >= 11 is 0. The summed E-state index contributed by atoms with van der Waals surface area (Å²) < 4.78 is 1.75. The molecule has 2 N–H and O–H groups in total. The molecule has 1 aromatic rings. The number of hydrogen-bond donors (Lipinski definition) is 2. The fourth-order valence-corrected chi connectivity index (χ4v) is 1.30. The molecule has 16 heavy (non-hydrogen) atoms. The highest BCUT2D eigenvalue weighted by Gasteiger charge is 2.17. The van der Waals surface area contributed by atoms with E-state index < -0.39 is 12.0 Å². The number of carboxylic acid groups (broad SMARTS) is 1. The van der Waals surface area contributed by atoms with Crippen molar-refractivity contribution >= 4 is 12.4 Å². The van der Waals surface area contributed by atoms with Crippen molar-refractivity contribution in [3.8, 4) is 0 Å². The van der Waals surface area contributed by atoms with Crippen molar-refractivity contribution in [2.75, 3.05) is 0 Å². The van der Waals surface area contributed by atoms with E-state index in [0.717, 1.165) is 5.56 Å². The summed E-state index contributed by atoms with van der Waals surface area (Å²) in [5, 5.41) is 15.2. The molecule has 0 aliphatic rings. The Bertz CT molecular complexity index is 373. The Kier molecular flexibility index (Phi) is 4.04. The molecule has 0 aliphatic carbocycles. The first-order valence-corrected chi connectivity index (χ1v) is 5.00. The predicted molar refractivity (Wildman–Crippen MR) is 56.9 cm³/mol. The van der Waals surface area contributed by atoms with Crippen molar-refractivity contribution in [1.82, 2.24) is 15.1 Å². The lowest BCUT2D eigenvalue weighted by molar-refractivity contribution is -0.140. The average Bonchev–Trinajstić information content (AvgIpc) is 2.65. The molecule has 1 aromatic heterocycles. The topological polar surface area (TPSA) is 84.2 Å². The van der Waals surface area contributed by atoms with Gasteiger partial charge in [0.2, 0.25) is 6.41 Å². The van der Waals surface area contributed by atoms with Gasteiger partial charge in [0.25, 0.3) is 0 Å². The third-order valence-corrected chi connectivity index (χ3v) is 2.19. The Morgan fingerprint density at radius 2 is 2.38 bits per heavy atom. The van der Waals surface area contributed by atoms with Crippen LogP contribution >= 0.6 is 0 Å². The van der Waals surface area contributed by atoms with E-state index in [1.165, 1.54) is 0 Å². The molecule has 1 atom stereocenters. The summed E-state index contributed by atoms with van der Waals surface area (Å²) in [6.07, 6.45) is 4.03. The van der Waals surface area contributed by atoms with Crippen LogP contribution in [-0.2, 0) is 16.0 Å². The highest BCUT2D eigenvalue weighted by atomic mass is 16.4. The van der Waals surface area contributed by atoms with Gasteiger partial charge in [-0.05, 0) is 19.4 Å². The van der Waals surface area contributed by atoms with Crippen LogP contribution in [0, 0.1) is 0 Å². The maximum Gasteiger partial charge on any atom is 0.326 e. The van der Waals surface area contributed by atoms with Crippen LogP contribution < -0.4 is 5.32 Å². The average molecular weight is 225 g/mol. The fraction of sp³-hybridized carbons (Fsp3) is 0.500. The minimum absolute atomic E-state index is 0.232. The maximum atomic E-state index is 10.8. The summed E-state index contributed by atoms with van der Waals surface area (Å²) in [6, 6.07) is -0.668. The number of hydrogen-bond acceptors (Lipinski definition) is 3. The number of carbonyl (C=O) groups excluding carboxylic acids is 1. The number of aromatic nitrogens is 2. The van der Waals surface area contributed by atoms with E-state index >= 15 is 0 Å². The molecule has 1 rings (SSSR count). The van der Waals surface area contributed by atoms with Crippen molar-refractivity contribution < 1.29 is 14.7 Å². The molecule has 0 saturated carbocycles. The van der Waals surface area contributed by atoms with E-state index in [-0.39, 0.29) is 12.5 Å². The molecule has 0 spiro atoms. The van der Waals surface area contributed by atoms with Gasteiger partial charge in [0.1, 0.15) is 6.04 Å². The predicted octanol–water partition coefficient (Wildman–Crippen LogP) is 0.206. The summed E-state index contributed by atoms with van der Waals surface area (Å²) in [4.78, 5) is 21.0. The van der Waals surface area contributed by atoms with Crippen LogP contribution in [0.1, 0.15) is 25.5 Å². The van der Waals surface area contributed by atoms with Gasteiger partial charge in [0.05, 0.1) is 6.20 Å². The van der Waals surface area contributed by atoms with Crippen LogP contribution in [0.4, 0.5) is 0 Å². The Balaban J connectivity index is 2.69. The van der Waals surface area contributed by atoms with Gasteiger partial charge < -0.3 is 10.4 Å². The van der Waals surface area contributed by atoms with Gasteiger partial charge in [0, 0.05) is 18.7 Å². The highest BCUT2D eigenvalue weighted by molar-refractivity contribution is 5.76. The zero-order valence-corrected chi connectivity index (χ0v) is 9.25. The molecule has 0 aliphatic heterocycles. The lowest BCUT2D eigenvalue weighted by atomic mass is 10.1. The summed E-state index contributed by atoms with van der Waals surface area (Å²) in [6.45, 7) is 3.96. The number of nitrogens with zero attached hydrogens (tertiary/aromatic N) is 2. The molecule has 6 heteroatoms. The Hall–Kier alpha value is -1.85. The van der Waals surface area contributed by atoms with Gasteiger partial charge in [-0.3, -0.25) is 9.48 Å². The number of amides is 1. The van der Waals surface area contributed by atoms with Crippen molar-refractivity contribution in [3.63, 3.8) is 0 Å². The van der Waals surface area contributed by atoms with Gasteiger partial charge in [-0.2, -0.15) is 5.10 Å². The number of carboxylic acids is 1. The Labute approximate surface area is 93.3 Å². The van der Waals surface area contributed by atoms with E-state index in [0.29, 0.717) is 6.41 Å². The van der Waals surface area contributed by atoms with Crippen LogP contribution in [0.2, 0.25) is 0 Å². The molecule has 1 heterocycles. The molecule has 0 fully saturated rings. The molecule has 1 unspecified atom stereocenters. The monoisotopic (exact) mass is 225 g/mol. The maximum absolute atomic E-state index is 10.8. The third-order valence-electron chi connectivity index (χ3n) is 2.19. The number of aliphatic carboxylic acids is 1. The van der Waals surface area contributed by atoms with E-state index in [9.17, 15) is 9.59 Å². The molecule has 6 nitrogen and oxygen atoms in total. The number of nitrogens with one attached hydrogen (secondary N) is 1. The number of rotatable bonds is 6. The summed E-state index contributed by atoms with van der Waals surface area (Å²) in [5.74, 6) is -1.05. The quantitative estimate of drug-likeness (QED) is 0.677. The fourth-order valence-electron chi connectivity index (χ4n) is 1.30. The van der Waals surface area contributed by atoms with E-state index in [1.54, 1.807) is 17.1 Å². The van der Waals surface area contributed by atoms with Crippen LogP contribution in [-0.4, -0.2) is 33.3 Å². The second-order valence-electron chi connectivity index (χ2n) is 3.80. The van der Waals surface area contributed by atoms with Crippen LogP contribution in [0.3, 0.4) is 0 Å². The first kappa shape index (κ1) is 12.2. The summed E-state index contributed by atoms with van der Waals surface area (Å²) in [5.41, 5.74) is 0.787. The molecular formula is C10H15N3O3.